The van der Waals surface area contributed by atoms with Crippen LogP contribution in [0.5, 0.6) is 0 Å². The Morgan fingerprint density at radius 3 is 2.17 bits per heavy atom. The maximum atomic E-state index is 12.1. The summed E-state index contributed by atoms with van der Waals surface area (Å²) in [5, 5.41) is 11.8. The van der Waals surface area contributed by atoms with E-state index >= 15 is 0 Å². The molecule has 1 amide bonds. The van der Waals surface area contributed by atoms with Crippen LogP contribution in [0.4, 0.5) is 0 Å². The molecule has 1 aliphatic rings. The second-order valence-corrected chi connectivity index (χ2v) is 6.04. The first-order chi connectivity index (χ1) is 11.1. The number of aromatic carboxylic acids is 1. The zero-order chi connectivity index (χ0) is 16.2. The Balaban J connectivity index is 1.46. The van der Waals surface area contributed by atoms with Gasteiger partial charge in [-0.25, -0.2) is 4.79 Å². The molecule has 4 heteroatoms. The van der Waals surface area contributed by atoms with Crippen molar-refractivity contribution < 1.29 is 14.7 Å². The minimum absolute atomic E-state index is 0.148. The van der Waals surface area contributed by atoms with Gasteiger partial charge in [-0.05, 0) is 54.5 Å². The van der Waals surface area contributed by atoms with Crippen molar-refractivity contribution in [1.29, 1.82) is 0 Å². The van der Waals surface area contributed by atoms with Crippen molar-refractivity contribution >= 4 is 11.9 Å². The molecule has 1 fully saturated rings. The van der Waals surface area contributed by atoms with Gasteiger partial charge in [0.1, 0.15) is 0 Å². The molecule has 2 N–H and O–H groups in total. The van der Waals surface area contributed by atoms with Crippen LogP contribution in [0, 0.1) is 5.92 Å². The molecule has 0 bridgehead atoms. The number of hydrogen-bond acceptors (Lipinski definition) is 2. The Kier molecular flexibility index (Phi) is 4.42. The lowest BCUT2D eigenvalue weighted by Gasteiger charge is -2.35. The maximum Gasteiger partial charge on any atom is 0.335 e. The standard InChI is InChI=1S/C19H19NO3/c21-18(15-6-8-16(9-7-15)19(22)23)20-12-13-10-17(11-13)14-4-2-1-3-5-14/h1-9,13,17H,10-12H2,(H,20,21)(H,22,23). The number of carboxylic acid groups (broad SMARTS) is 1. The number of benzene rings is 2. The van der Waals surface area contributed by atoms with Gasteiger partial charge in [0.2, 0.25) is 0 Å². The largest absolute Gasteiger partial charge is 0.478 e. The summed E-state index contributed by atoms with van der Waals surface area (Å²) >= 11 is 0. The fraction of sp³-hybridized carbons (Fsp3) is 0.263. The number of carboxylic acids is 1. The van der Waals surface area contributed by atoms with E-state index in [0.29, 0.717) is 23.9 Å². The Morgan fingerprint density at radius 2 is 1.57 bits per heavy atom. The number of amides is 1. The molecule has 0 saturated heterocycles. The van der Waals surface area contributed by atoms with Crippen LogP contribution in [0.15, 0.2) is 54.6 Å². The minimum atomic E-state index is -0.988. The third-order valence-electron chi connectivity index (χ3n) is 4.45. The van der Waals surface area contributed by atoms with Crippen LogP contribution >= 0.6 is 0 Å². The van der Waals surface area contributed by atoms with Crippen molar-refractivity contribution in [3.8, 4) is 0 Å². The van der Waals surface area contributed by atoms with Crippen LogP contribution in [0.1, 0.15) is 45.0 Å². The number of rotatable bonds is 5. The highest BCUT2D eigenvalue weighted by molar-refractivity contribution is 5.95. The van der Waals surface area contributed by atoms with E-state index in [1.807, 2.05) is 6.07 Å². The van der Waals surface area contributed by atoms with Gasteiger partial charge in [0.15, 0.2) is 0 Å². The van der Waals surface area contributed by atoms with Crippen molar-refractivity contribution in [3.05, 3.63) is 71.3 Å². The topological polar surface area (TPSA) is 66.4 Å². The molecule has 1 aliphatic carbocycles. The summed E-state index contributed by atoms with van der Waals surface area (Å²) < 4.78 is 0. The van der Waals surface area contributed by atoms with Crippen LogP contribution in [-0.2, 0) is 0 Å². The van der Waals surface area contributed by atoms with Crippen molar-refractivity contribution in [1.82, 2.24) is 5.32 Å². The Bertz CT molecular complexity index is 688. The number of nitrogens with one attached hydrogen (secondary N) is 1. The molecule has 23 heavy (non-hydrogen) atoms. The van der Waals surface area contributed by atoms with E-state index in [1.54, 1.807) is 12.1 Å². The molecule has 0 spiro atoms. The zero-order valence-corrected chi connectivity index (χ0v) is 12.7. The second kappa shape index (κ2) is 6.65. The molecule has 4 nitrogen and oxygen atoms in total. The third kappa shape index (κ3) is 3.59. The molecule has 0 unspecified atom stereocenters. The highest BCUT2D eigenvalue weighted by atomic mass is 16.4. The molecular formula is C19H19NO3. The molecule has 0 heterocycles. The molecule has 1 saturated carbocycles. The van der Waals surface area contributed by atoms with Gasteiger partial charge in [-0.15, -0.1) is 0 Å². The number of carbonyl (C=O) groups excluding carboxylic acids is 1. The van der Waals surface area contributed by atoms with E-state index < -0.39 is 5.97 Å². The first kappa shape index (κ1) is 15.3. The van der Waals surface area contributed by atoms with E-state index in [2.05, 4.69) is 29.6 Å². The summed E-state index contributed by atoms with van der Waals surface area (Å²) in [4.78, 5) is 22.9. The monoisotopic (exact) mass is 309 g/mol. The highest BCUT2D eigenvalue weighted by Crippen LogP contribution is 2.40. The molecule has 0 aromatic heterocycles. The normalized spacial score (nSPS) is 19.7. The molecule has 0 atom stereocenters. The van der Waals surface area contributed by atoms with Crippen LogP contribution in [0.2, 0.25) is 0 Å². The van der Waals surface area contributed by atoms with Gasteiger partial charge in [0.05, 0.1) is 5.56 Å². The van der Waals surface area contributed by atoms with Crippen molar-refractivity contribution in [3.63, 3.8) is 0 Å². The van der Waals surface area contributed by atoms with Gasteiger partial charge in [0, 0.05) is 12.1 Å². The fourth-order valence-corrected chi connectivity index (χ4v) is 3.00. The van der Waals surface area contributed by atoms with Gasteiger partial charge >= 0.3 is 5.97 Å². The maximum absolute atomic E-state index is 12.1. The quantitative estimate of drug-likeness (QED) is 0.890. The average molecular weight is 309 g/mol. The van der Waals surface area contributed by atoms with E-state index in [-0.39, 0.29) is 11.5 Å². The van der Waals surface area contributed by atoms with Crippen molar-refractivity contribution in [2.75, 3.05) is 6.54 Å². The molecule has 0 radical (unpaired) electrons. The predicted octanol–water partition coefficient (Wildman–Crippen LogP) is 3.31. The lowest BCUT2D eigenvalue weighted by Crippen LogP contribution is -2.35. The molecular weight excluding hydrogens is 290 g/mol. The van der Waals surface area contributed by atoms with Crippen LogP contribution in [0.25, 0.3) is 0 Å². The first-order valence-corrected chi connectivity index (χ1v) is 7.80. The summed E-state index contributed by atoms with van der Waals surface area (Å²) in [5.41, 5.74) is 2.06. The second-order valence-electron chi connectivity index (χ2n) is 6.04. The smallest absolute Gasteiger partial charge is 0.335 e. The van der Waals surface area contributed by atoms with Gasteiger partial charge < -0.3 is 10.4 Å². The zero-order valence-electron chi connectivity index (χ0n) is 12.7. The third-order valence-corrected chi connectivity index (χ3v) is 4.45. The Labute approximate surface area is 135 Å². The SMILES string of the molecule is O=C(O)c1ccc(C(=O)NCC2CC(c3ccccc3)C2)cc1. The van der Waals surface area contributed by atoms with E-state index in [1.165, 1.54) is 17.7 Å². The molecule has 118 valence electrons. The van der Waals surface area contributed by atoms with Gasteiger partial charge in [-0.2, -0.15) is 0 Å². The fourth-order valence-electron chi connectivity index (χ4n) is 3.00. The molecule has 2 aromatic rings. The predicted molar refractivity (Wildman–Crippen MR) is 87.6 cm³/mol. The van der Waals surface area contributed by atoms with Gasteiger partial charge in [-0.3, -0.25) is 4.79 Å². The highest BCUT2D eigenvalue weighted by Gasteiger charge is 2.30. The van der Waals surface area contributed by atoms with Crippen LogP contribution in [0.3, 0.4) is 0 Å². The van der Waals surface area contributed by atoms with Gasteiger partial charge in [-0.1, -0.05) is 30.3 Å². The van der Waals surface area contributed by atoms with E-state index in [4.69, 9.17) is 5.11 Å². The summed E-state index contributed by atoms with van der Waals surface area (Å²) in [6, 6.07) is 16.5. The van der Waals surface area contributed by atoms with E-state index in [0.717, 1.165) is 12.8 Å². The first-order valence-electron chi connectivity index (χ1n) is 7.80. The summed E-state index contributed by atoms with van der Waals surface area (Å²) in [5.74, 6) is -0.0149. The molecule has 2 aromatic carbocycles. The van der Waals surface area contributed by atoms with E-state index in [9.17, 15) is 9.59 Å². The van der Waals surface area contributed by atoms with Crippen molar-refractivity contribution in [2.45, 2.75) is 18.8 Å². The summed E-state index contributed by atoms with van der Waals surface area (Å²) in [7, 11) is 0. The number of carbonyl (C=O) groups is 2. The van der Waals surface area contributed by atoms with Crippen molar-refractivity contribution in [2.24, 2.45) is 5.92 Å². The molecule has 0 aliphatic heterocycles. The Hall–Kier alpha value is -2.62. The molecule has 3 rings (SSSR count). The average Bonchev–Trinajstić information content (AvgIpc) is 2.54. The summed E-state index contributed by atoms with van der Waals surface area (Å²) in [6.45, 7) is 0.669. The minimum Gasteiger partial charge on any atom is -0.478 e. The lowest BCUT2D eigenvalue weighted by molar-refractivity contribution is 0.0696. The van der Waals surface area contributed by atoms with Crippen LogP contribution < -0.4 is 5.32 Å². The number of hydrogen-bond donors (Lipinski definition) is 2. The Morgan fingerprint density at radius 1 is 0.957 bits per heavy atom. The summed E-state index contributed by atoms with van der Waals surface area (Å²) in [6.07, 6.45) is 2.20. The van der Waals surface area contributed by atoms with Gasteiger partial charge in [0.25, 0.3) is 5.91 Å². The lowest BCUT2D eigenvalue weighted by atomic mass is 9.71. The van der Waals surface area contributed by atoms with Crippen LogP contribution in [-0.4, -0.2) is 23.5 Å².